The molecule has 0 radical (unpaired) electrons. The van der Waals surface area contributed by atoms with E-state index >= 15 is 4.39 Å². The van der Waals surface area contributed by atoms with Gasteiger partial charge in [-0.25, -0.2) is 18.8 Å². The zero-order valence-electron chi connectivity index (χ0n) is 23.2. The Labute approximate surface area is 252 Å². The standard InChI is InChI=1S/C34H29FO7S/c1-22-17-19-26(20-18-22)43-21-27-28(40-32(36)23-11-5-2-6-12-23)29(41-33(37)24-13-7-3-8-14-24)30(31(35)39-27)42-34(38)25-15-9-4-10-16-25/h2-20,27-31H,21H2,1H3/t27-,28-,29+,30-,31-/m1/s1. The van der Waals surface area contributed by atoms with Gasteiger partial charge in [0.05, 0.1) is 16.7 Å². The third-order valence-corrected chi connectivity index (χ3v) is 7.87. The number of halogens is 1. The molecule has 220 valence electrons. The third kappa shape index (κ3) is 7.68. The topological polar surface area (TPSA) is 88.1 Å². The first-order chi connectivity index (χ1) is 20.9. The molecule has 7 nitrogen and oxygen atoms in total. The molecule has 1 heterocycles. The van der Waals surface area contributed by atoms with Crippen LogP contribution in [0.25, 0.3) is 0 Å². The van der Waals surface area contributed by atoms with Crippen molar-refractivity contribution >= 4 is 29.7 Å². The predicted molar refractivity (Wildman–Crippen MR) is 159 cm³/mol. The van der Waals surface area contributed by atoms with Gasteiger partial charge in [-0.2, -0.15) is 0 Å². The van der Waals surface area contributed by atoms with Crippen LogP contribution in [0.5, 0.6) is 0 Å². The van der Waals surface area contributed by atoms with E-state index in [4.69, 9.17) is 18.9 Å². The summed E-state index contributed by atoms with van der Waals surface area (Å²) in [6, 6.07) is 32.1. The highest BCUT2D eigenvalue weighted by Gasteiger charge is 2.53. The van der Waals surface area contributed by atoms with Gasteiger partial charge in [0.1, 0.15) is 6.10 Å². The van der Waals surface area contributed by atoms with Crippen LogP contribution in [-0.4, -0.2) is 54.4 Å². The quantitative estimate of drug-likeness (QED) is 0.123. The lowest BCUT2D eigenvalue weighted by Crippen LogP contribution is -2.61. The maximum absolute atomic E-state index is 15.8. The van der Waals surface area contributed by atoms with Gasteiger partial charge < -0.3 is 18.9 Å². The maximum Gasteiger partial charge on any atom is 0.338 e. The summed E-state index contributed by atoms with van der Waals surface area (Å²) in [5.41, 5.74) is 1.67. The average molecular weight is 601 g/mol. The highest BCUT2D eigenvalue weighted by atomic mass is 32.2. The minimum absolute atomic E-state index is 0.148. The molecule has 0 aliphatic carbocycles. The summed E-state index contributed by atoms with van der Waals surface area (Å²) in [6.45, 7) is 1.97. The summed E-state index contributed by atoms with van der Waals surface area (Å²) in [7, 11) is 0. The van der Waals surface area contributed by atoms with Crippen LogP contribution in [0.15, 0.2) is 120 Å². The van der Waals surface area contributed by atoms with Crippen LogP contribution < -0.4 is 0 Å². The second-order valence-electron chi connectivity index (χ2n) is 9.86. The van der Waals surface area contributed by atoms with Gasteiger partial charge in [-0.05, 0) is 55.5 Å². The molecule has 0 spiro atoms. The number of hydrogen-bond donors (Lipinski definition) is 0. The molecule has 4 aromatic carbocycles. The van der Waals surface area contributed by atoms with Crippen molar-refractivity contribution < 1.29 is 37.7 Å². The first-order valence-electron chi connectivity index (χ1n) is 13.7. The Kier molecular flexibility index (Phi) is 9.86. The van der Waals surface area contributed by atoms with Crippen LogP contribution in [0.2, 0.25) is 0 Å². The lowest BCUT2D eigenvalue weighted by molar-refractivity contribution is -0.250. The van der Waals surface area contributed by atoms with E-state index in [2.05, 4.69) is 0 Å². The van der Waals surface area contributed by atoms with Crippen LogP contribution >= 0.6 is 11.8 Å². The Morgan fingerprint density at radius 2 is 1.05 bits per heavy atom. The molecule has 0 N–H and O–H groups in total. The van der Waals surface area contributed by atoms with Crippen molar-refractivity contribution in [2.45, 2.75) is 42.6 Å². The van der Waals surface area contributed by atoms with Crippen molar-refractivity contribution in [1.82, 2.24) is 0 Å². The van der Waals surface area contributed by atoms with Crippen molar-refractivity contribution in [3.05, 3.63) is 138 Å². The molecule has 4 aromatic rings. The van der Waals surface area contributed by atoms with Gasteiger partial charge >= 0.3 is 17.9 Å². The Hall–Kier alpha value is -4.47. The number of carbonyl (C=O) groups excluding carboxylic acids is 3. The SMILES string of the molecule is Cc1ccc(SC[C@H]2O[C@@H](F)[C@H](OC(=O)c3ccccc3)[C@@H](OC(=O)c3ccccc3)[C@@H]2OC(=O)c2ccccc2)cc1. The number of alkyl halides is 1. The van der Waals surface area contributed by atoms with Crippen LogP contribution in [-0.2, 0) is 18.9 Å². The Balaban J connectivity index is 1.48. The number of hydrogen-bond acceptors (Lipinski definition) is 8. The van der Waals surface area contributed by atoms with Gasteiger partial charge in [-0.1, -0.05) is 72.3 Å². The van der Waals surface area contributed by atoms with Gasteiger partial charge in [0.25, 0.3) is 0 Å². The normalized spacial score (nSPS) is 21.4. The van der Waals surface area contributed by atoms with Crippen molar-refractivity contribution in [1.29, 1.82) is 0 Å². The van der Waals surface area contributed by atoms with Crippen LogP contribution in [0.3, 0.4) is 0 Å². The fraction of sp³-hybridized carbons (Fsp3) is 0.206. The Bertz CT molecular complexity index is 1520. The fourth-order valence-corrected chi connectivity index (χ4v) is 5.47. The van der Waals surface area contributed by atoms with E-state index in [1.807, 2.05) is 31.2 Å². The first kappa shape index (κ1) is 30.0. The molecule has 43 heavy (non-hydrogen) atoms. The minimum atomic E-state index is -2.18. The van der Waals surface area contributed by atoms with Gasteiger partial charge in [-0.15, -0.1) is 11.8 Å². The van der Waals surface area contributed by atoms with E-state index in [1.54, 1.807) is 66.7 Å². The van der Waals surface area contributed by atoms with E-state index in [0.717, 1.165) is 10.5 Å². The lowest BCUT2D eigenvalue weighted by Gasteiger charge is -2.42. The molecule has 9 heteroatoms. The molecule has 1 fully saturated rings. The Morgan fingerprint density at radius 3 is 1.51 bits per heavy atom. The monoisotopic (exact) mass is 600 g/mol. The first-order valence-corrected chi connectivity index (χ1v) is 14.6. The number of esters is 3. The van der Waals surface area contributed by atoms with Gasteiger partial charge in [0, 0.05) is 10.6 Å². The Morgan fingerprint density at radius 1 is 0.628 bits per heavy atom. The number of benzene rings is 4. The van der Waals surface area contributed by atoms with Crippen molar-refractivity contribution in [3.63, 3.8) is 0 Å². The predicted octanol–water partition coefficient (Wildman–Crippen LogP) is 6.46. The van der Waals surface area contributed by atoms with Gasteiger partial charge in [-0.3, -0.25) is 0 Å². The molecule has 0 aromatic heterocycles. The molecule has 0 saturated carbocycles. The summed E-state index contributed by atoms with van der Waals surface area (Å²) < 4.78 is 38.9. The number of aryl methyl sites for hydroxylation is 1. The number of carbonyl (C=O) groups is 3. The molecule has 0 bridgehead atoms. The van der Waals surface area contributed by atoms with E-state index in [-0.39, 0.29) is 22.4 Å². The molecule has 5 rings (SSSR count). The van der Waals surface area contributed by atoms with E-state index < -0.39 is 48.7 Å². The average Bonchev–Trinajstić information content (AvgIpc) is 3.04. The minimum Gasteiger partial charge on any atom is -0.452 e. The van der Waals surface area contributed by atoms with E-state index in [1.165, 1.54) is 36.0 Å². The number of rotatable bonds is 9. The second-order valence-corrected chi connectivity index (χ2v) is 11.0. The molecule has 5 atom stereocenters. The van der Waals surface area contributed by atoms with E-state index in [0.29, 0.717) is 0 Å². The van der Waals surface area contributed by atoms with Crippen LogP contribution in [0.4, 0.5) is 4.39 Å². The molecule has 1 aliphatic rings. The van der Waals surface area contributed by atoms with Crippen molar-refractivity contribution in [2.24, 2.45) is 0 Å². The summed E-state index contributed by atoms with van der Waals surface area (Å²) in [4.78, 5) is 40.5. The van der Waals surface area contributed by atoms with E-state index in [9.17, 15) is 14.4 Å². The van der Waals surface area contributed by atoms with Crippen LogP contribution in [0, 0.1) is 6.92 Å². The van der Waals surface area contributed by atoms with Gasteiger partial charge in [0.15, 0.2) is 18.3 Å². The second kappa shape index (κ2) is 14.1. The highest BCUT2D eigenvalue weighted by Crippen LogP contribution is 2.34. The molecule has 1 aliphatic heterocycles. The highest BCUT2D eigenvalue weighted by molar-refractivity contribution is 7.99. The number of thioether (sulfide) groups is 1. The zero-order valence-corrected chi connectivity index (χ0v) is 24.0. The molecule has 1 saturated heterocycles. The smallest absolute Gasteiger partial charge is 0.338 e. The molecular weight excluding hydrogens is 571 g/mol. The number of ether oxygens (including phenoxy) is 4. The summed E-state index contributed by atoms with van der Waals surface area (Å²) in [6.07, 6.45) is -7.82. The molecule has 0 unspecified atom stereocenters. The van der Waals surface area contributed by atoms with Gasteiger partial charge in [0.2, 0.25) is 6.36 Å². The third-order valence-electron chi connectivity index (χ3n) is 6.77. The van der Waals surface area contributed by atoms with Crippen molar-refractivity contribution in [3.8, 4) is 0 Å². The largest absolute Gasteiger partial charge is 0.452 e. The van der Waals surface area contributed by atoms with Crippen molar-refractivity contribution in [2.75, 3.05) is 5.75 Å². The summed E-state index contributed by atoms with van der Waals surface area (Å²) in [5.74, 6) is -2.23. The molecule has 0 amide bonds. The fourth-order valence-electron chi connectivity index (χ4n) is 4.51. The zero-order chi connectivity index (χ0) is 30.2. The molecular formula is C34H29FO7S. The summed E-state index contributed by atoms with van der Waals surface area (Å²) in [5, 5.41) is 0. The van der Waals surface area contributed by atoms with Crippen LogP contribution in [0.1, 0.15) is 36.6 Å². The lowest BCUT2D eigenvalue weighted by atomic mass is 9.98. The summed E-state index contributed by atoms with van der Waals surface area (Å²) >= 11 is 1.36. The maximum atomic E-state index is 15.8.